The first-order valence-corrected chi connectivity index (χ1v) is 8.31. The van der Waals surface area contributed by atoms with Crippen molar-refractivity contribution in [3.63, 3.8) is 0 Å². The molecule has 0 heterocycles. The van der Waals surface area contributed by atoms with Crippen LogP contribution in [-0.2, 0) is 16.4 Å². The quantitative estimate of drug-likeness (QED) is 0.852. The van der Waals surface area contributed by atoms with Crippen LogP contribution in [0, 0.1) is 13.8 Å². The number of sulfonamides is 1. The molecule has 0 aliphatic rings. The minimum absolute atomic E-state index is 0.242. The van der Waals surface area contributed by atoms with Crippen LogP contribution in [0.2, 0.25) is 0 Å². The van der Waals surface area contributed by atoms with E-state index in [4.69, 9.17) is 5.73 Å². The SMILES string of the molecule is CCc1ccc(N)cc1S(=O)(=O)Nc1cccc(C)c1C. The maximum Gasteiger partial charge on any atom is 0.262 e. The zero-order valence-electron chi connectivity index (χ0n) is 12.5. The molecule has 0 saturated carbocycles. The van der Waals surface area contributed by atoms with E-state index < -0.39 is 10.0 Å². The summed E-state index contributed by atoms with van der Waals surface area (Å²) < 4.78 is 27.9. The van der Waals surface area contributed by atoms with Crippen LogP contribution in [0.3, 0.4) is 0 Å². The molecule has 0 saturated heterocycles. The van der Waals surface area contributed by atoms with Crippen LogP contribution in [0.15, 0.2) is 41.3 Å². The average Bonchev–Trinajstić information content (AvgIpc) is 2.44. The van der Waals surface area contributed by atoms with Gasteiger partial charge in [-0.1, -0.05) is 25.1 Å². The highest BCUT2D eigenvalue weighted by molar-refractivity contribution is 7.92. The van der Waals surface area contributed by atoms with Gasteiger partial charge in [-0.2, -0.15) is 0 Å². The number of nitrogens with one attached hydrogen (secondary N) is 1. The van der Waals surface area contributed by atoms with Gasteiger partial charge in [-0.25, -0.2) is 8.42 Å². The van der Waals surface area contributed by atoms with Gasteiger partial charge in [-0.3, -0.25) is 4.72 Å². The normalized spacial score (nSPS) is 11.4. The van der Waals surface area contributed by atoms with Gasteiger partial charge >= 0.3 is 0 Å². The highest BCUT2D eigenvalue weighted by atomic mass is 32.2. The second-order valence-electron chi connectivity index (χ2n) is 5.07. The fraction of sp³-hybridized carbons (Fsp3) is 0.250. The van der Waals surface area contributed by atoms with E-state index in [0.29, 0.717) is 17.8 Å². The molecule has 0 amide bonds. The van der Waals surface area contributed by atoms with Crippen LogP contribution >= 0.6 is 0 Å². The number of benzene rings is 2. The Hall–Kier alpha value is -2.01. The highest BCUT2D eigenvalue weighted by Crippen LogP contribution is 2.25. The smallest absolute Gasteiger partial charge is 0.262 e. The lowest BCUT2D eigenvalue weighted by Gasteiger charge is -2.14. The largest absolute Gasteiger partial charge is 0.399 e. The van der Waals surface area contributed by atoms with Crippen molar-refractivity contribution in [1.82, 2.24) is 0 Å². The molecule has 0 unspecified atom stereocenters. The Morgan fingerprint density at radius 2 is 1.86 bits per heavy atom. The average molecular weight is 304 g/mol. The Labute approximate surface area is 126 Å². The molecule has 0 aliphatic heterocycles. The van der Waals surface area contributed by atoms with E-state index in [-0.39, 0.29) is 4.90 Å². The van der Waals surface area contributed by atoms with E-state index in [1.165, 1.54) is 6.07 Å². The Bertz CT molecular complexity index is 768. The summed E-state index contributed by atoms with van der Waals surface area (Å²) in [5, 5.41) is 0. The van der Waals surface area contributed by atoms with Crippen LogP contribution in [-0.4, -0.2) is 8.42 Å². The first kappa shape index (κ1) is 15.4. The summed E-state index contributed by atoms with van der Waals surface area (Å²) in [4.78, 5) is 0.242. The van der Waals surface area contributed by atoms with Crippen molar-refractivity contribution >= 4 is 21.4 Å². The third-order valence-electron chi connectivity index (χ3n) is 3.61. The molecule has 0 atom stereocenters. The van der Waals surface area contributed by atoms with Gasteiger partial charge in [0.15, 0.2) is 0 Å². The summed E-state index contributed by atoms with van der Waals surface area (Å²) >= 11 is 0. The second kappa shape index (κ2) is 5.77. The van der Waals surface area contributed by atoms with E-state index in [1.807, 2.05) is 32.9 Å². The van der Waals surface area contributed by atoms with Gasteiger partial charge in [-0.15, -0.1) is 0 Å². The molecule has 3 N–H and O–H groups in total. The summed E-state index contributed by atoms with van der Waals surface area (Å²) in [6.07, 6.45) is 0.628. The summed E-state index contributed by atoms with van der Waals surface area (Å²) in [6, 6.07) is 10.5. The minimum Gasteiger partial charge on any atom is -0.399 e. The summed E-state index contributed by atoms with van der Waals surface area (Å²) in [7, 11) is -3.65. The molecule has 21 heavy (non-hydrogen) atoms. The number of nitrogens with two attached hydrogens (primary N) is 1. The lowest BCUT2D eigenvalue weighted by Crippen LogP contribution is -2.16. The monoisotopic (exact) mass is 304 g/mol. The third-order valence-corrected chi connectivity index (χ3v) is 5.06. The Morgan fingerprint density at radius 3 is 2.52 bits per heavy atom. The molecule has 0 fully saturated rings. The number of aryl methyl sites for hydroxylation is 2. The van der Waals surface area contributed by atoms with Crippen LogP contribution in [0.25, 0.3) is 0 Å². The highest BCUT2D eigenvalue weighted by Gasteiger charge is 2.19. The number of hydrogen-bond acceptors (Lipinski definition) is 3. The van der Waals surface area contributed by atoms with Gasteiger partial charge in [0.1, 0.15) is 0 Å². The van der Waals surface area contributed by atoms with Crippen molar-refractivity contribution in [3.8, 4) is 0 Å². The van der Waals surface area contributed by atoms with E-state index in [9.17, 15) is 8.42 Å². The first-order chi connectivity index (χ1) is 9.85. The predicted octanol–water partition coefficient (Wildman–Crippen LogP) is 3.25. The maximum absolute atomic E-state index is 12.6. The van der Waals surface area contributed by atoms with E-state index in [2.05, 4.69) is 4.72 Å². The summed E-state index contributed by atoms with van der Waals surface area (Å²) in [5.41, 5.74) is 9.48. The molecule has 112 valence electrons. The molecule has 0 bridgehead atoms. The molecular weight excluding hydrogens is 284 g/mol. The van der Waals surface area contributed by atoms with Crippen LogP contribution in [0.1, 0.15) is 23.6 Å². The van der Waals surface area contributed by atoms with Crippen molar-refractivity contribution < 1.29 is 8.42 Å². The molecule has 0 spiro atoms. The summed E-state index contributed by atoms with van der Waals surface area (Å²) in [5.74, 6) is 0. The molecule has 0 radical (unpaired) electrons. The molecule has 4 nitrogen and oxygen atoms in total. The number of nitrogen functional groups attached to an aromatic ring is 1. The summed E-state index contributed by atoms with van der Waals surface area (Å²) in [6.45, 7) is 5.76. The Kier molecular flexibility index (Phi) is 4.23. The topological polar surface area (TPSA) is 72.2 Å². The van der Waals surface area contributed by atoms with Crippen molar-refractivity contribution in [3.05, 3.63) is 53.1 Å². The molecule has 0 aromatic heterocycles. The van der Waals surface area contributed by atoms with Crippen LogP contribution in [0.4, 0.5) is 11.4 Å². The lowest BCUT2D eigenvalue weighted by atomic mass is 10.1. The standard InChI is InChI=1S/C16H20N2O2S/c1-4-13-8-9-14(17)10-16(13)21(19,20)18-15-7-5-6-11(2)12(15)3/h5-10,18H,4,17H2,1-3H3. The molecule has 2 aromatic rings. The van der Waals surface area contributed by atoms with Crippen molar-refractivity contribution in [2.45, 2.75) is 32.1 Å². The number of hydrogen-bond donors (Lipinski definition) is 2. The Morgan fingerprint density at radius 1 is 1.14 bits per heavy atom. The van der Waals surface area contributed by atoms with Crippen LogP contribution in [0.5, 0.6) is 0 Å². The maximum atomic E-state index is 12.6. The zero-order valence-corrected chi connectivity index (χ0v) is 13.3. The first-order valence-electron chi connectivity index (χ1n) is 6.82. The van der Waals surface area contributed by atoms with Crippen molar-refractivity contribution in [2.75, 3.05) is 10.5 Å². The van der Waals surface area contributed by atoms with Gasteiger partial charge in [0.05, 0.1) is 10.6 Å². The number of rotatable bonds is 4. The van der Waals surface area contributed by atoms with Gasteiger partial charge in [0.25, 0.3) is 10.0 Å². The molecule has 2 aromatic carbocycles. The van der Waals surface area contributed by atoms with Gasteiger partial charge in [0.2, 0.25) is 0 Å². The molecule has 0 aliphatic carbocycles. The van der Waals surface area contributed by atoms with Gasteiger partial charge in [-0.05, 0) is 55.2 Å². The molecule has 2 rings (SSSR count). The molecular formula is C16H20N2O2S. The van der Waals surface area contributed by atoms with Crippen molar-refractivity contribution in [1.29, 1.82) is 0 Å². The predicted molar refractivity (Wildman–Crippen MR) is 87.0 cm³/mol. The second-order valence-corrected chi connectivity index (χ2v) is 6.72. The number of anilines is 2. The van der Waals surface area contributed by atoms with Crippen molar-refractivity contribution in [2.24, 2.45) is 0 Å². The van der Waals surface area contributed by atoms with Gasteiger partial charge < -0.3 is 5.73 Å². The molecule has 5 heteroatoms. The lowest BCUT2D eigenvalue weighted by molar-refractivity contribution is 0.600. The van der Waals surface area contributed by atoms with Gasteiger partial charge in [0, 0.05) is 5.69 Å². The zero-order chi connectivity index (χ0) is 15.6. The Balaban J connectivity index is 2.48. The fourth-order valence-electron chi connectivity index (χ4n) is 2.17. The van der Waals surface area contributed by atoms with Crippen LogP contribution < -0.4 is 10.5 Å². The van der Waals surface area contributed by atoms with E-state index in [1.54, 1.807) is 18.2 Å². The fourth-order valence-corrected chi connectivity index (χ4v) is 3.64. The minimum atomic E-state index is -3.65. The van der Waals surface area contributed by atoms with E-state index >= 15 is 0 Å². The third kappa shape index (κ3) is 3.19. The van der Waals surface area contributed by atoms with E-state index in [0.717, 1.165) is 16.7 Å².